The summed E-state index contributed by atoms with van der Waals surface area (Å²) in [5, 5.41) is 2.61. The zero-order valence-corrected chi connectivity index (χ0v) is 19.9. The van der Waals surface area contributed by atoms with E-state index in [0.717, 1.165) is 12.1 Å². The molecule has 0 unspecified atom stereocenters. The van der Waals surface area contributed by atoms with Crippen molar-refractivity contribution >= 4 is 35.0 Å². The Balaban J connectivity index is 1.49. The highest BCUT2D eigenvalue weighted by molar-refractivity contribution is 6.34. The molecular weight excluding hydrogens is 484 g/mol. The molecule has 1 aliphatic carbocycles. The molecule has 9 nitrogen and oxygen atoms in total. The first-order valence-electron chi connectivity index (χ1n) is 11.3. The van der Waals surface area contributed by atoms with Crippen molar-refractivity contribution in [3.05, 3.63) is 46.5 Å². The molecule has 0 bridgehead atoms. The van der Waals surface area contributed by atoms with Gasteiger partial charge in [-0.05, 0) is 38.2 Å². The van der Waals surface area contributed by atoms with Gasteiger partial charge in [0, 0.05) is 32.3 Å². The zero-order valence-electron chi connectivity index (χ0n) is 19.2. The minimum Gasteiger partial charge on any atom is -0.383 e. The number of aromatic nitrogens is 2. The Morgan fingerprint density at radius 1 is 1.26 bits per heavy atom. The molecule has 2 aliphatic rings. The zero-order chi connectivity index (χ0) is 25.3. The van der Waals surface area contributed by atoms with E-state index in [-0.39, 0.29) is 40.6 Å². The topological polar surface area (TPSA) is 120 Å². The van der Waals surface area contributed by atoms with Gasteiger partial charge in [0.2, 0.25) is 5.91 Å². The predicted octanol–water partition coefficient (Wildman–Crippen LogP) is 2.83. The van der Waals surface area contributed by atoms with Crippen LogP contribution >= 0.6 is 11.6 Å². The molecule has 0 radical (unpaired) electrons. The number of methoxy groups -OCH3 is 1. The lowest BCUT2D eigenvalue weighted by Gasteiger charge is -2.36. The molecule has 1 saturated heterocycles. The second kappa shape index (κ2) is 9.90. The van der Waals surface area contributed by atoms with Crippen LogP contribution in [0.15, 0.2) is 18.5 Å². The summed E-state index contributed by atoms with van der Waals surface area (Å²) in [6.45, 7) is 0.911. The number of ether oxygens (including phenoxy) is 1. The fraction of sp³-hybridized carbons (Fsp3) is 0.478. The second-order valence-electron chi connectivity index (χ2n) is 8.90. The van der Waals surface area contributed by atoms with E-state index in [4.69, 9.17) is 22.1 Å². The number of primary amides is 1. The molecule has 2 fully saturated rings. The number of rotatable bonds is 7. The van der Waals surface area contributed by atoms with Gasteiger partial charge in [-0.25, -0.2) is 13.8 Å². The average Bonchev–Trinajstić information content (AvgIpc) is 3.40. The van der Waals surface area contributed by atoms with Crippen molar-refractivity contribution in [3.8, 4) is 0 Å². The number of hydrogen-bond acceptors (Lipinski definition) is 5. The maximum absolute atomic E-state index is 13.8. The number of carbonyl (C=O) groups is 3. The van der Waals surface area contributed by atoms with Crippen molar-refractivity contribution in [2.45, 2.75) is 38.1 Å². The minimum atomic E-state index is -1.07. The molecule has 3 amide bonds. The molecule has 1 saturated carbocycles. The van der Waals surface area contributed by atoms with Crippen LogP contribution in [-0.4, -0.2) is 54.1 Å². The maximum atomic E-state index is 13.8. The van der Waals surface area contributed by atoms with E-state index in [1.165, 1.54) is 18.3 Å². The van der Waals surface area contributed by atoms with Gasteiger partial charge in [-0.2, -0.15) is 0 Å². The Kier molecular flexibility index (Phi) is 7.09. The number of benzene rings is 1. The van der Waals surface area contributed by atoms with Crippen LogP contribution in [0.25, 0.3) is 0 Å². The lowest BCUT2D eigenvalue weighted by Crippen LogP contribution is -2.38. The molecule has 35 heavy (non-hydrogen) atoms. The fourth-order valence-electron chi connectivity index (χ4n) is 5.06. The van der Waals surface area contributed by atoms with E-state index >= 15 is 0 Å². The molecule has 3 N–H and O–H groups in total. The summed E-state index contributed by atoms with van der Waals surface area (Å²) in [7, 11) is 1.51. The number of hydrogen-bond donors (Lipinski definition) is 2. The van der Waals surface area contributed by atoms with Gasteiger partial charge in [-0.15, -0.1) is 0 Å². The molecular formula is C23H26ClF2N5O4. The molecule has 12 heteroatoms. The molecule has 1 aromatic carbocycles. The van der Waals surface area contributed by atoms with E-state index in [0.29, 0.717) is 45.3 Å². The lowest BCUT2D eigenvalue weighted by molar-refractivity contribution is -0.127. The van der Waals surface area contributed by atoms with Gasteiger partial charge in [0.1, 0.15) is 5.69 Å². The van der Waals surface area contributed by atoms with Crippen molar-refractivity contribution in [2.24, 2.45) is 11.1 Å². The summed E-state index contributed by atoms with van der Waals surface area (Å²) in [5.74, 6) is -3.61. The maximum Gasteiger partial charge on any atom is 0.272 e. The summed E-state index contributed by atoms with van der Waals surface area (Å²) < 4.78 is 33.8. The van der Waals surface area contributed by atoms with Crippen LogP contribution in [-0.2, 0) is 9.53 Å². The Morgan fingerprint density at radius 3 is 2.60 bits per heavy atom. The van der Waals surface area contributed by atoms with E-state index in [9.17, 15) is 23.2 Å². The van der Waals surface area contributed by atoms with E-state index < -0.39 is 28.9 Å². The summed E-state index contributed by atoms with van der Waals surface area (Å²) in [6, 6.07) is 1.64. The highest BCUT2D eigenvalue weighted by atomic mass is 35.5. The molecule has 2 heterocycles. The van der Waals surface area contributed by atoms with Crippen LogP contribution in [0.3, 0.4) is 0 Å². The molecule has 4 rings (SSSR count). The average molecular weight is 510 g/mol. The third-order valence-electron chi connectivity index (χ3n) is 6.93. The number of nitrogens with one attached hydrogen (secondary N) is 1. The lowest BCUT2D eigenvalue weighted by atomic mass is 9.71. The van der Waals surface area contributed by atoms with Crippen LogP contribution < -0.4 is 16.0 Å². The van der Waals surface area contributed by atoms with E-state index in [2.05, 4.69) is 10.3 Å². The van der Waals surface area contributed by atoms with E-state index in [1.807, 2.05) is 0 Å². The number of anilines is 1. The largest absolute Gasteiger partial charge is 0.383 e. The summed E-state index contributed by atoms with van der Waals surface area (Å²) >= 11 is 6.10. The van der Waals surface area contributed by atoms with Crippen molar-refractivity contribution in [1.29, 1.82) is 0 Å². The van der Waals surface area contributed by atoms with Gasteiger partial charge in [-0.3, -0.25) is 14.4 Å². The van der Waals surface area contributed by atoms with Gasteiger partial charge in [-0.1, -0.05) is 11.6 Å². The number of amides is 3. The molecule has 0 atom stereocenters. The standard InChI is InChI=1S/C23H26ClF2N5O4/c1-35-9-7-28-21(33)18-19(20(27)32)31(12-29-18)13-2-4-23(5-3-13)6-8-30(22(23)34)17-11-16(26)15(25)10-14(17)24/h10-13H,2-9H2,1H3,(H2,27,32)(H,28,33). The number of nitrogens with two attached hydrogens (primary N) is 1. The van der Waals surface area contributed by atoms with Crippen molar-refractivity contribution in [3.63, 3.8) is 0 Å². The highest BCUT2D eigenvalue weighted by Gasteiger charge is 2.49. The summed E-state index contributed by atoms with van der Waals surface area (Å²) in [5.41, 5.74) is 5.05. The number of carbonyl (C=O) groups excluding carboxylic acids is 3. The third-order valence-corrected chi connectivity index (χ3v) is 7.24. The summed E-state index contributed by atoms with van der Waals surface area (Å²) in [4.78, 5) is 43.6. The first-order valence-corrected chi connectivity index (χ1v) is 11.7. The van der Waals surface area contributed by atoms with Crippen LogP contribution in [0.4, 0.5) is 14.5 Å². The SMILES string of the molecule is COCCNC(=O)c1ncn(C2CCC3(CC2)CCN(c2cc(F)c(F)cc2Cl)C3=O)c1C(N)=O. The van der Waals surface area contributed by atoms with Crippen molar-refractivity contribution < 1.29 is 27.9 Å². The molecule has 2 aromatic rings. The quantitative estimate of drug-likeness (QED) is 0.439. The Hall–Kier alpha value is -3.05. The molecule has 1 aliphatic heterocycles. The third kappa shape index (κ3) is 4.62. The van der Waals surface area contributed by atoms with Crippen LogP contribution in [0.1, 0.15) is 59.1 Å². The van der Waals surface area contributed by atoms with Gasteiger partial charge in [0.25, 0.3) is 11.8 Å². The number of halogens is 3. The van der Waals surface area contributed by atoms with Crippen LogP contribution in [0.2, 0.25) is 5.02 Å². The van der Waals surface area contributed by atoms with Crippen LogP contribution in [0.5, 0.6) is 0 Å². The molecule has 1 aromatic heterocycles. The highest BCUT2D eigenvalue weighted by Crippen LogP contribution is 2.49. The first kappa shape index (κ1) is 25.1. The predicted molar refractivity (Wildman–Crippen MR) is 123 cm³/mol. The Labute approximate surface area is 205 Å². The second-order valence-corrected chi connectivity index (χ2v) is 9.31. The molecule has 1 spiro atoms. The van der Waals surface area contributed by atoms with Gasteiger partial charge >= 0.3 is 0 Å². The fourth-order valence-corrected chi connectivity index (χ4v) is 5.32. The summed E-state index contributed by atoms with van der Waals surface area (Å²) in [6.07, 6.45) is 4.10. The number of nitrogens with zero attached hydrogens (tertiary/aromatic N) is 3. The van der Waals surface area contributed by atoms with Crippen molar-refractivity contribution in [2.75, 3.05) is 31.7 Å². The Bertz CT molecular complexity index is 1160. The van der Waals surface area contributed by atoms with Crippen LogP contribution in [0, 0.1) is 17.0 Å². The monoisotopic (exact) mass is 509 g/mol. The smallest absolute Gasteiger partial charge is 0.272 e. The van der Waals surface area contributed by atoms with Gasteiger partial charge < -0.3 is 25.3 Å². The minimum absolute atomic E-state index is 0.0220. The van der Waals surface area contributed by atoms with E-state index in [1.54, 1.807) is 4.57 Å². The first-order chi connectivity index (χ1) is 16.7. The molecule has 188 valence electrons. The number of imidazole rings is 1. The van der Waals surface area contributed by atoms with Gasteiger partial charge in [0.05, 0.1) is 29.1 Å². The normalized spacial score (nSPS) is 22.1. The Morgan fingerprint density at radius 2 is 1.94 bits per heavy atom. The van der Waals surface area contributed by atoms with Gasteiger partial charge in [0.15, 0.2) is 17.3 Å². The van der Waals surface area contributed by atoms with Crippen molar-refractivity contribution in [1.82, 2.24) is 14.9 Å².